The molecule has 1 aromatic carbocycles. The first-order chi connectivity index (χ1) is 11.0. The van der Waals surface area contributed by atoms with Crippen LogP contribution in [0.15, 0.2) is 23.6 Å². The van der Waals surface area contributed by atoms with Gasteiger partial charge in [0, 0.05) is 11.8 Å². The number of carboxylic acids is 1. The number of aromatic nitrogens is 1. The molecule has 0 atom stereocenters. The highest BCUT2D eigenvalue weighted by Crippen LogP contribution is 2.22. The van der Waals surface area contributed by atoms with Crippen LogP contribution in [0.2, 0.25) is 0 Å². The Balaban J connectivity index is 1.93. The minimum Gasteiger partial charge on any atom is -0.497 e. The second kappa shape index (κ2) is 7.73. The van der Waals surface area contributed by atoms with Gasteiger partial charge in [0.25, 0.3) is 0 Å². The normalized spacial score (nSPS) is 10.3. The molecule has 0 saturated heterocycles. The van der Waals surface area contributed by atoms with Crippen molar-refractivity contribution in [1.82, 2.24) is 4.98 Å². The molecule has 1 amide bonds. The van der Waals surface area contributed by atoms with Crippen molar-refractivity contribution in [2.75, 3.05) is 12.4 Å². The molecule has 23 heavy (non-hydrogen) atoms. The van der Waals surface area contributed by atoms with Crippen molar-refractivity contribution in [3.05, 3.63) is 39.8 Å². The molecule has 0 aliphatic carbocycles. The first-order valence-electron chi connectivity index (χ1n) is 7.12. The van der Waals surface area contributed by atoms with Gasteiger partial charge in [-0.15, -0.1) is 11.3 Å². The maximum Gasteiger partial charge on any atom is 0.337 e. The number of hydrogen-bond acceptors (Lipinski definition) is 5. The van der Waals surface area contributed by atoms with Crippen molar-refractivity contribution < 1.29 is 19.4 Å². The molecular formula is C16H18N2O4S. The van der Waals surface area contributed by atoms with Crippen LogP contribution in [0, 0.1) is 6.92 Å². The molecule has 0 unspecified atom stereocenters. The zero-order valence-corrected chi connectivity index (χ0v) is 13.8. The first-order valence-corrected chi connectivity index (χ1v) is 7.99. The van der Waals surface area contributed by atoms with Crippen molar-refractivity contribution in [3.8, 4) is 5.75 Å². The number of aryl methyl sites for hydroxylation is 2. The van der Waals surface area contributed by atoms with E-state index in [0.717, 1.165) is 17.1 Å². The first kappa shape index (κ1) is 17.0. The van der Waals surface area contributed by atoms with Gasteiger partial charge in [-0.2, -0.15) is 0 Å². The van der Waals surface area contributed by atoms with Gasteiger partial charge in [-0.1, -0.05) is 0 Å². The topological polar surface area (TPSA) is 88.5 Å². The predicted octanol–water partition coefficient (Wildman–Crippen LogP) is 3.12. The second-order valence-corrected chi connectivity index (χ2v) is 6.04. The van der Waals surface area contributed by atoms with E-state index in [1.807, 2.05) is 12.3 Å². The van der Waals surface area contributed by atoms with Crippen molar-refractivity contribution in [2.45, 2.75) is 26.2 Å². The van der Waals surface area contributed by atoms with E-state index in [1.165, 1.54) is 19.2 Å². The predicted molar refractivity (Wildman–Crippen MR) is 88.4 cm³/mol. The summed E-state index contributed by atoms with van der Waals surface area (Å²) in [6.45, 7) is 1.94. The van der Waals surface area contributed by atoms with Gasteiger partial charge < -0.3 is 15.2 Å². The maximum atomic E-state index is 12.0. The molecule has 0 saturated carbocycles. The summed E-state index contributed by atoms with van der Waals surface area (Å²) in [5, 5.41) is 14.8. The van der Waals surface area contributed by atoms with Crippen LogP contribution in [0.5, 0.6) is 5.75 Å². The summed E-state index contributed by atoms with van der Waals surface area (Å²) in [7, 11) is 1.46. The lowest BCUT2D eigenvalue weighted by Crippen LogP contribution is -2.14. The molecular weight excluding hydrogens is 316 g/mol. The van der Waals surface area contributed by atoms with E-state index >= 15 is 0 Å². The number of carboxylic acid groups (broad SMARTS) is 1. The number of carbonyl (C=O) groups excluding carboxylic acids is 1. The largest absolute Gasteiger partial charge is 0.497 e. The number of benzene rings is 1. The summed E-state index contributed by atoms with van der Waals surface area (Å²) < 4.78 is 5.00. The lowest BCUT2D eigenvalue weighted by molar-refractivity contribution is -0.116. The third kappa shape index (κ3) is 4.79. The van der Waals surface area contributed by atoms with E-state index in [-0.39, 0.29) is 17.2 Å². The Kier molecular flexibility index (Phi) is 5.70. The molecule has 2 aromatic rings. The molecule has 0 aliphatic heterocycles. The number of methoxy groups -OCH3 is 1. The summed E-state index contributed by atoms with van der Waals surface area (Å²) >= 11 is 1.59. The van der Waals surface area contributed by atoms with E-state index in [9.17, 15) is 14.7 Å². The van der Waals surface area contributed by atoms with Gasteiger partial charge in [0.05, 0.1) is 29.1 Å². The Hall–Kier alpha value is -2.41. The van der Waals surface area contributed by atoms with E-state index < -0.39 is 5.97 Å². The number of carbonyl (C=O) groups is 2. The van der Waals surface area contributed by atoms with Crippen LogP contribution >= 0.6 is 11.3 Å². The van der Waals surface area contributed by atoms with Crippen LogP contribution in [0.4, 0.5) is 5.69 Å². The smallest absolute Gasteiger partial charge is 0.337 e. The van der Waals surface area contributed by atoms with E-state index in [0.29, 0.717) is 18.6 Å². The molecule has 2 rings (SSSR count). The molecule has 122 valence electrons. The second-order valence-electron chi connectivity index (χ2n) is 4.98. The Morgan fingerprint density at radius 3 is 2.78 bits per heavy atom. The molecule has 6 nitrogen and oxygen atoms in total. The number of anilines is 1. The van der Waals surface area contributed by atoms with Crippen LogP contribution in [0.3, 0.4) is 0 Å². The SMILES string of the molecule is COc1ccc(NC(=O)CCCc2csc(C)n2)c(C(=O)O)c1. The van der Waals surface area contributed by atoms with Gasteiger partial charge >= 0.3 is 5.97 Å². The van der Waals surface area contributed by atoms with E-state index in [2.05, 4.69) is 10.3 Å². The number of amides is 1. The molecule has 1 aromatic heterocycles. The van der Waals surface area contributed by atoms with Crippen LogP contribution in [-0.2, 0) is 11.2 Å². The summed E-state index contributed by atoms with van der Waals surface area (Å²) in [6, 6.07) is 4.53. The zero-order chi connectivity index (χ0) is 16.8. The Morgan fingerprint density at radius 1 is 1.39 bits per heavy atom. The highest BCUT2D eigenvalue weighted by Gasteiger charge is 2.14. The van der Waals surface area contributed by atoms with E-state index in [1.54, 1.807) is 17.4 Å². The van der Waals surface area contributed by atoms with Gasteiger partial charge in [-0.25, -0.2) is 9.78 Å². The number of ether oxygens (including phenoxy) is 1. The lowest BCUT2D eigenvalue weighted by Gasteiger charge is -2.10. The summed E-state index contributed by atoms with van der Waals surface area (Å²) in [5.74, 6) is -0.902. The molecule has 0 spiro atoms. The summed E-state index contributed by atoms with van der Waals surface area (Å²) in [4.78, 5) is 27.6. The molecule has 0 aliphatic rings. The quantitative estimate of drug-likeness (QED) is 0.812. The molecule has 1 heterocycles. The Labute approximate surface area is 138 Å². The van der Waals surface area contributed by atoms with Gasteiger partial charge in [0.1, 0.15) is 5.75 Å². The van der Waals surface area contributed by atoms with E-state index in [4.69, 9.17) is 4.74 Å². The zero-order valence-electron chi connectivity index (χ0n) is 13.0. The fraction of sp³-hybridized carbons (Fsp3) is 0.312. The molecule has 7 heteroatoms. The van der Waals surface area contributed by atoms with Crippen LogP contribution < -0.4 is 10.1 Å². The minimum absolute atomic E-state index is 0.00725. The number of thiazole rings is 1. The van der Waals surface area contributed by atoms with Gasteiger partial charge in [0.15, 0.2) is 0 Å². The molecule has 0 radical (unpaired) electrons. The number of aromatic carboxylic acids is 1. The standard InChI is InChI=1S/C16H18N2O4S/c1-10-17-11(9-23-10)4-3-5-15(19)18-14-7-6-12(22-2)8-13(14)16(20)21/h6-9H,3-5H2,1-2H3,(H,18,19)(H,20,21). The number of nitrogens with one attached hydrogen (secondary N) is 1. The monoisotopic (exact) mass is 334 g/mol. The average Bonchev–Trinajstić information content (AvgIpc) is 2.93. The third-order valence-corrected chi connectivity index (χ3v) is 4.06. The maximum absolute atomic E-state index is 12.0. The van der Waals surface area contributed by atoms with Gasteiger partial charge in [0.2, 0.25) is 5.91 Å². The van der Waals surface area contributed by atoms with Gasteiger partial charge in [-0.3, -0.25) is 4.79 Å². The van der Waals surface area contributed by atoms with Crippen LogP contribution in [-0.4, -0.2) is 29.1 Å². The Morgan fingerprint density at radius 2 is 2.17 bits per heavy atom. The summed E-state index contributed by atoms with van der Waals surface area (Å²) in [5.41, 5.74) is 1.26. The number of nitrogens with zero attached hydrogens (tertiary/aromatic N) is 1. The third-order valence-electron chi connectivity index (χ3n) is 3.23. The lowest BCUT2D eigenvalue weighted by atomic mass is 10.1. The highest BCUT2D eigenvalue weighted by molar-refractivity contribution is 7.09. The summed E-state index contributed by atoms with van der Waals surface area (Å²) in [6.07, 6.45) is 1.70. The van der Waals surface area contributed by atoms with Crippen molar-refractivity contribution >= 4 is 28.9 Å². The Bertz CT molecular complexity index is 712. The van der Waals surface area contributed by atoms with Crippen molar-refractivity contribution in [1.29, 1.82) is 0 Å². The number of rotatable bonds is 7. The molecule has 0 bridgehead atoms. The molecule has 2 N–H and O–H groups in total. The molecule has 0 fully saturated rings. The van der Waals surface area contributed by atoms with Crippen LogP contribution in [0.1, 0.15) is 33.9 Å². The fourth-order valence-corrected chi connectivity index (χ4v) is 2.75. The van der Waals surface area contributed by atoms with Crippen LogP contribution in [0.25, 0.3) is 0 Å². The minimum atomic E-state index is -1.11. The fourth-order valence-electron chi connectivity index (χ4n) is 2.10. The van der Waals surface area contributed by atoms with Gasteiger partial charge in [-0.05, 0) is 38.0 Å². The highest BCUT2D eigenvalue weighted by atomic mass is 32.1. The average molecular weight is 334 g/mol. The van der Waals surface area contributed by atoms with Crippen molar-refractivity contribution in [3.63, 3.8) is 0 Å². The van der Waals surface area contributed by atoms with Crippen molar-refractivity contribution in [2.24, 2.45) is 0 Å². The number of hydrogen-bond donors (Lipinski definition) is 2.